The van der Waals surface area contributed by atoms with Gasteiger partial charge >= 0.3 is 0 Å². The number of nitrogens with one attached hydrogen (secondary N) is 2. The predicted molar refractivity (Wildman–Crippen MR) is 111 cm³/mol. The summed E-state index contributed by atoms with van der Waals surface area (Å²) in [6.45, 7) is 6.72. The lowest BCUT2D eigenvalue weighted by atomic mass is 9.88. The molecule has 7 heteroatoms. The minimum Gasteiger partial charge on any atom is -0.497 e. The number of amides is 1. The molecule has 1 aromatic carbocycles. The maximum Gasteiger partial charge on any atom is 0.225 e. The van der Waals surface area contributed by atoms with E-state index in [1.54, 1.807) is 14.2 Å². The molecule has 150 valence electrons. The second-order valence-corrected chi connectivity index (χ2v) is 7.52. The third-order valence-corrected chi connectivity index (χ3v) is 5.10. The molecule has 2 rings (SSSR count). The molecule has 1 aliphatic rings. The average Bonchev–Trinajstić information content (AvgIpc) is 3.10. The van der Waals surface area contributed by atoms with Crippen LogP contribution in [-0.2, 0) is 9.53 Å². The van der Waals surface area contributed by atoms with Gasteiger partial charge < -0.3 is 25.0 Å². The zero-order valence-electron chi connectivity index (χ0n) is 16.7. The molecule has 0 unspecified atom stereocenters. The third-order valence-electron chi connectivity index (χ3n) is 4.72. The number of benzene rings is 1. The van der Waals surface area contributed by atoms with Crippen molar-refractivity contribution in [2.45, 2.75) is 32.2 Å². The predicted octanol–water partition coefficient (Wildman–Crippen LogP) is 2.15. The normalized spacial score (nSPS) is 19.2. The number of ether oxygens (including phenoxy) is 2. The fourth-order valence-corrected chi connectivity index (χ4v) is 3.71. The topological polar surface area (TPSA) is 62.8 Å². The highest BCUT2D eigenvalue weighted by Crippen LogP contribution is 2.34. The van der Waals surface area contributed by atoms with Crippen molar-refractivity contribution in [1.82, 2.24) is 15.5 Å². The fraction of sp³-hybridized carbons (Fsp3) is 0.600. The highest BCUT2D eigenvalue weighted by molar-refractivity contribution is 7.80. The van der Waals surface area contributed by atoms with Crippen molar-refractivity contribution in [3.8, 4) is 5.75 Å². The molecule has 0 aromatic heterocycles. The Labute approximate surface area is 167 Å². The van der Waals surface area contributed by atoms with E-state index in [0.29, 0.717) is 24.8 Å². The van der Waals surface area contributed by atoms with E-state index in [2.05, 4.69) is 29.4 Å². The second-order valence-electron chi connectivity index (χ2n) is 7.13. The van der Waals surface area contributed by atoms with E-state index in [1.165, 1.54) is 0 Å². The first-order valence-electron chi connectivity index (χ1n) is 9.42. The van der Waals surface area contributed by atoms with Gasteiger partial charge in [0.1, 0.15) is 5.75 Å². The van der Waals surface area contributed by atoms with Crippen LogP contribution >= 0.6 is 12.2 Å². The maximum absolute atomic E-state index is 12.8. The van der Waals surface area contributed by atoms with Gasteiger partial charge in [-0.3, -0.25) is 4.79 Å². The van der Waals surface area contributed by atoms with Gasteiger partial charge in [0.2, 0.25) is 5.91 Å². The van der Waals surface area contributed by atoms with Crippen LogP contribution in [0.4, 0.5) is 0 Å². The zero-order chi connectivity index (χ0) is 19.8. The van der Waals surface area contributed by atoms with Gasteiger partial charge in [0.25, 0.3) is 0 Å². The van der Waals surface area contributed by atoms with Crippen molar-refractivity contribution in [1.29, 1.82) is 0 Å². The van der Waals surface area contributed by atoms with E-state index in [9.17, 15) is 4.79 Å². The molecule has 0 aliphatic carbocycles. The molecular weight excluding hydrogens is 362 g/mol. The van der Waals surface area contributed by atoms with Crippen LogP contribution < -0.4 is 15.4 Å². The molecule has 1 fully saturated rings. The van der Waals surface area contributed by atoms with Crippen LogP contribution in [0, 0.1) is 5.92 Å². The van der Waals surface area contributed by atoms with E-state index in [0.717, 1.165) is 24.3 Å². The summed E-state index contributed by atoms with van der Waals surface area (Å²) in [5.41, 5.74) is 1.13. The van der Waals surface area contributed by atoms with Crippen LogP contribution in [0.25, 0.3) is 0 Å². The Morgan fingerprint density at radius 2 is 1.96 bits per heavy atom. The van der Waals surface area contributed by atoms with E-state index < -0.39 is 0 Å². The molecule has 2 atom stereocenters. The summed E-state index contributed by atoms with van der Waals surface area (Å²) >= 11 is 5.54. The zero-order valence-corrected chi connectivity index (χ0v) is 17.5. The van der Waals surface area contributed by atoms with Gasteiger partial charge in [-0.25, -0.2) is 0 Å². The number of methoxy groups -OCH3 is 2. The number of likely N-dealkylation sites (tertiary alicyclic amines) is 1. The number of nitrogens with zero attached hydrogens (tertiary/aromatic N) is 1. The number of hydrogen-bond donors (Lipinski definition) is 2. The largest absolute Gasteiger partial charge is 0.497 e. The Hall–Kier alpha value is -1.86. The highest BCUT2D eigenvalue weighted by Gasteiger charge is 2.39. The average molecular weight is 394 g/mol. The first kappa shape index (κ1) is 21.4. The molecule has 1 saturated heterocycles. The summed E-state index contributed by atoms with van der Waals surface area (Å²) in [6, 6.07) is 8.22. The molecule has 27 heavy (non-hydrogen) atoms. The minimum absolute atomic E-state index is 0.0711. The molecule has 0 radical (unpaired) electrons. The summed E-state index contributed by atoms with van der Waals surface area (Å²) < 4.78 is 10.3. The summed E-state index contributed by atoms with van der Waals surface area (Å²) in [7, 11) is 3.32. The number of carbonyl (C=O) groups is 1. The molecule has 1 heterocycles. The van der Waals surface area contributed by atoms with Gasteiger partial charge in [-0.15, -0.1) is 0 Å². The molecule has 1 amide bonds. The number of carbonyl (C=O) groups excluding carboxylic acids is 1. The van der Waals surface area contributed by atoms with Gasteiger partial charge in [-0.05, 0) is 50.2 Å². The molecule has 1 aromatic rings. The lowest BCUT2D eigenvalue weighted by molar-refractivity contribution is -0.124. The van der Waals surface area contributed by atoms with E-state index in [4.69, 9.17) is 21.7 Å². The van der Waals surface area contributed by atoms with Crippen LogP contribution in [0.2, 0.25) is 0 Å². The van der Waals surface area contributed by atoms with Crippen LogP contribution in [-0.4, -0.2) is 62.4 Å². The second kappa shape index (κ2) is 10.5. The molecule has 0 saturated carbocycles. The Morgan fingerprint density at radius 1 is 1.26 bits per heavy atom. The summed E-state index contributed by atoms with van der Waals surface area (Å²) in [4.78, 5) is 14.9. The number of hydrogen-bond acceptors (Lipinski definition) is 4. The van der Waals surface area contributed by atoms with Crippen molar-refractivity contribution >= 4 is 23.2 Å². The first-order chi connectivity index (χ1) is 13.0. The molecular formula is C20H31N3O3S. The Kier molecular flexibility index (Phi) is 8.31. The highest BCUT2D eigenvalue weighted by atomic mass is 32.1. The van der Waals surface area contributed by atoms with Crippen molar-refractivity contribution in [2.75, 3.05) is 40.5 Å². The standard InChI is InChI=1S/C20H31N3O3S/c1-14(2)22-20(27)23-12-17(15-6-8-16(26-4)9-7-15)18(13-23)19(24)21-10-5-11-25-3/h6-9,14,17-18H,5,10-13H2,1-4H3,(H,21,24)(H,22,27)/t17-,18+/m0/s1. The van der Waals surface area contributed by atoms with Crippen molar-refractivity contribution < 1.29 is 14.3 Å². The third kappa shape index (κ3) is 6.07. The van der Waals surface area contributed by atoms with Gasteiger partial charge in [0, 0.05) is 45.3 Å². The first-order valence-corrected chi connectivity index (χ1v) is 9.83. The molecule has 2 N–H and O–H groups in total. The Bertz CT molecular complexity index is 621. The lowest BCUT2D eigenvalue weighted by Crippen LogP contribution is -2.42. The summed E-state index contributed by atoms with van der Waals surface area (Å²) in [5.74, 6) is 0.825. The molecule has 6 nitrogen and oxygen atoms in total. The summed E-state index contributed by atoms with van der Waals surface area (Å²) in [6.07, 6.45) is 0.805. The Morgan fingerprint density at radius 3 is 2.56 bits per heavy atom. The minimum atomic E-state index is -0.146. The van der Waals surface area contributed by atoms with Crippen molar-refractivity contribution in [3.05, 3.63) is 29.8 Å². The molecule has 0 spiro atoms. The molecule has 0 bridgehead atoms. The van der Waals surface area contributed by atoms with Crippen LogP contribution in [0.1, 0.15) is 31.7 Å². The van der Waals surface area contributed by atoms with Gasteiger partial charge in [-0.2, -0.15) is 0 Å². The van der Waals surface area contributed by atoms with Gasteiger partial charge in [0.05, 0.1) is 13.0 Å². The maximum atomic E-state index is 12.8. The van der Waals surface area contributed by atoms with Gasteiger partial charge in [0.15, 0.2) is 5.11 Å². The SMILES string of the molecule is COCCCNC(=O)[C@@H]1CN(C(=S)NC(C)C)C[C@H]1c1ccc(OC)cc1. The van der Waals surface area contributed by atoms with Crippen LogP contribution in [0.5, 0.6) is 5.75 Å². The lowest BCUT2D eigenvalue weighted by Gasteiger charge is -2.22. The number of thiocarbonyl (C=S) groups is 1. The smallest absolute Gasteiger partial charge is 0.225 e. The van der Waals surface area contributed by atoms with Gasteiger partial charge in [-0.1, -0.05) is 12.1 Å². The quantitative estimate of drug-likeness (QED) is 0.521. The number of rotatable bonds is 8. The van der Waals surface area contributed by atoms with E-state index in [-0.39, 0.29) is 23.8 Å². The van der Waals surface area contributed by atoms with Crippen LogP contribution in [0.3, 0.4) is 0 Å². The molecule has 1 aliphatic heterocycles. The van der Waals surface area contributed by atoms with E-state index in [1.807, 2.05) is 24.3 Å². The summed E-state index contributed by atoms with van der Waals surface area (Å²) in [5, 5.41) is 7.04. The monoisotopic (exact) mass is 393 g/mol. The van der Waals surface area contributed by atoms with Crippen molar-refractivity contribution in [2.24, 2.45) is 5.92 Å². The van der Waals surface area contributed by atoms with Crippen LogP contribution in [0.15, 0.2) is 24.3 Å². The van der Waals surface area contributed by atoms with Crippen molar-refractivity contribution in [3.63, 3.8) is 0 Å². The Balaban J connectivity index is 2.12. The fourth-order valence-electron chi connectivity index (χ4n) is 3.32. The van der Waals surface area contributed by atoms with E-state index >= 15 is 0 Å².